The zero-order valence-electron chi connectivity index (χ0n) is 12.1. The molecule has 1 unspecified atom stereocenters. The molecule has 0 fully saturated rings. The fourth-order valence-corrected chi connectivity index (χ4v) is 3.04. The molecule has 0 aliphatic carbocycles. The van der Waals surface area contributed by atoms with Crippen LogP contribution in [-0.4, -0.2) is 16.9 Å². The standard InChI is InChI=1S/C15H17ClN2O2S/c1-4-20-15(19)13-10(3)18-21-14(13)17-9(2)11-6-5-7-12(16)8-11/h5-9,17H,4H2,1-3H3. The minimum absolute atomic E-state index is 0.0109. The van der Waals surface area contributed by atoms with Gasteiger partial charge in [0.2, 0.25) is 0 Å². The minimum Gasteiger partial charge on any atom is -0.462 e. The summed E-state index contributed by atoms with van der Waals surface area (Å²) in [5.41, 5.74) is 2.23. The lowest BCUT2D eigenvalue weighted by molar-refractivity contribution is 0.0527. The topological polar surface area (TPSA) is 51.2 Å². The van der Waals surface area contributed by atoms with Crippen LogP contribution in [0.3, 0.4) is 0 Å². The van der Waals surface area contributed by atoms with Crippen LogP contribution in [0.25, 0.3) is 0 Å². The highest BCUT2D eigenvalue weighted by Gasteiger charge is 2.21. The Bertz CT molecular complexity index is 642. The van der Waals surface area contributed by atoms with E-state index in [1.54, 1.807) is 13.8 Å². The van der Waals surface area contributed by atoms with Gasteiger partial charge in [-0.15, -0.1) is 0 Å². The molecule has 6 heteroatoms. The average molecular weight is 325 g/mol. The van der Waals surface area contributed by atoms with Crippen LogP contribution in [0.4, 0.5) is 5.00 Å². The van der Waals surface area contributed by atoms with E-state index in [1.807, 2.05) is 31.2 Å². The predicted molar refractivity (Wildman–Crippen MR) is 86.3 cm³/mol. The maximum atomic E-state index is 12.0. The molecule has 0 spiro atoms. The molecule has 0 aliphatic rings. The number of esters is 1. The zero-order chi connectivity index (χ0) is 15.4. The first-order valence-electron chi connectivity index (χ1n) is 6.68. The third kappa shape index (κ3) is 3.74. The molecule has 0 bridgehead atoms. The van der Waals surface area contributed by atoms with Crippen molar-refractivity contribution >= 4 is 34.1 Å². The first-order chi connectivity index (χ1) is 10.0. The average Bonchev–Trinajstić information content (AvgIpc) is 2.80. The van der Waals surface area contributed by atoms with Crippen LogP contribution in [0.1, 0.15) is 41.5 Å². The van der Waals surface area contributed by atoms with E-state index in [1.165, 1.54) is 11.5 Å². The molecule has 1 heterocycles. The minimum atomic E-state index is -0.343. The molecule has 2 aromatic rings. The number of rotatable bonds is 5. The maximum absolute atomic E-state index is 12.0. The Morgan fingerprint density at radius 2 is 2.29 bits per heavy atom. The zero-order valence-corrected chi connectivity index (χ0v) is 13.7. The summed E-state index contributed by atoms with van der Waals surface area (Å²) >= 11 is 7.27. The molecular formula is C15H17ClN2O2S. The molecule has 1 aromatic carbocycles. The number of halogens is 1. The monoisotopic (exact) mass is 324 g/mol. The molecule has 0 saturated carbocycles. The van der Waals surface area contributed by atoms with Crippen molar-refractivity contribution in [2.75, 3.05) is 11.9 Å². The van der Waals surface area contributed by atoms with Crippen molar-refractivity contribution in [3.8, 4) is 0 Å². The van der Waals surface area contributed by atoms with Crippen molar-refractivity contribution in [1.82, 2.24) is 4.37 Å². The SMILES string of the molecule is CCOC(=O)c1c(C)nsc1NC(C)c1cccc(Cl)c1. The van der Waals surface area contributed by atoms with Gasteiger partial charge in [-0.2, -0.15) is 4.37 Å². The smallest absolute Gasteiger partial charge is 0.343 e. The Balaban J connectivity index is 2.22. The van der Waals surface area contributed by atoms with Crippen LogP contribution in [0.2, 0.25) is 5.02 Å². The molecule has 112 valence electrons. The normalized spacial score (nSPS) is 12.0. The fourth-order valence-electron chi connectivity index (χ4n) is 1.97. The number of carbonyl (C=O) groups is 1. The lowest BCUT2D eigenvalue weighted by atomic mass is 10.1. The quantitative estimate of drug-likeness (QED) is 0.825. The Labute approximate surface area is 133 Å². The molecule has 1 aromatic heterocycles. The fraction of sp³-hybridized carbons (Fsp3) is 0.333. The van der Waals surface area contributed by atoms with E-state index in [0.717, 1.165) is 10.6 Å². The highest BCUT2D eigenvalue weighted by Crippen LogP contribution is 2.29. The number of ether oxygens (including phenoxy) is 1. The van der Waals surface area contributed by atoms with Crippen molar-refractivity contribution in [3.63, 3.8) is 0 Å². The number of anilines is 1. The van der Waals surface area contributed by atoms with Crippen LogP contribution in [0.5, 0.6) is 0 Å². The molecule has 1 atom stereocenters. The van der Waals surface area contributed by atoms with Gasteiger partial charge in [0.05, 0.1) is 12.3 Å². The van der Waals surface area contributed by atoms with Crippen LogP contribution < -0.4 is 5.32 Å². The number of carbonyl (C=O) groups excluding carboxylic acids is 1. The van der Waals surface area contributed by atoms with E-state index >= 15 is 0 Å². The van der Waals surface area contributed by atoms with Gasteiger partial charge in [-0.1, -0.05) is 23.7 Å². The molecule has 0 radical (unpaired) electrons. The molecule has 0 aliphatic heterocycles. The molecule has 2 rings (SSSR count). The van der Waals surface area contributed by atoms with Crippen molar-refractivity contribution < 1.29 is 9.53 Å². The van der Waals surface area contributed by atoms with Crippen LogP contribution in [-0.2, 0) is 4.74 Å². The molecule has 21 heavy (non-hydrogen) atoms. The Hall–Kier alpha value is -1.59. The largest absolute Gasteiger partial charge is 0.462 e. The van der Waals surface area contributed by atoms with Crippen molar-refractivity contribution in [1.29, 1.82) is 0 Å². The second-order valence-corrected chi connectivity index (χ2v) is 5.82. The maximum Gasteiger partial charge on any atom is 0.343 e. The van der Waals surface area contributed by atoms with Gasteiger partial charge < -0.3 is 10.1 Å². The molecule has 4 nitrogen and oxygen atoms in total. The van der Waals surface area contributed by atoms with E-state index in [4.69, 9.17) is 16.3 Å². The highest BCUT2D eigenvalue weighted by atomic mass is 35.5. The predicted octanol–water partition coefficient (Wildman–Crippen LogP) is 4.45. The number of hydrogen-bond donors (Lipinski definition) is 1. The first-order valence-corrected chi connectivity index (χ1v) is 7.83. The number of hydrogen-bond acceptors (Lipinski definition) is 5. The summed E-state index contributed by atoms with van der Waals surface area (Å²) in [5.74, 6) is -0.343. The second kappa shape index (κ2) is 6.91. The van der Waals surface area contributed by atoms with Crippen molar-refractivity contribution in [2.24, 2.45) is 0 Å². The van der Waals surface area contributed by atoms with Gasteiger partial charge in [-0.3, -0.25) is 0 Å². The number of nitrogens with one attached hydrogen (secondary N) is 1. The first kappa shape index (κ1) is 15.8. The van der Waals surface area contributed by atoms with Gasteiger partial charge in [-0.05, 0) is 50.0 Å². The molecule has 0 saturated heterocycles. The van der Waals surface area contributed by atoms with Gasteiger partial charge in [0.1, 0.15) is 10.6 Å². The number of benzene rings is 1. The van der Waals surface area contributed by atoms with Crippen LogP contribution >= 0.6 is 23.1 Å². The summed E-state index contributed by atoms with van der Waals surface area (Å²) in [6, 6.07) is 7.63. The van der Waals surface area contributed by atoms with E-state index < -0.39 is 0 Å². The number of aromatic nitrogens is 1. The molecule has 1 N–H and O–H groups in total. The lowest BCUT2D eigenvalue weighted by Gasteiger charge is -2.15. The summed E-state index contributed by atoms with van der Waals surface area (Å²) < 4.78 is 9.32. The number of aryl methyl sites for hydroxylation is 1. The third-order valence-corrected chi connectivity index (χ3v) is 4.14. The summed E-state index contributed by atoms with van der Waals surface area (Å²) in [5, 5.41) is 4.72. The van der Waals surface area contributed by atoms with E-state index in [2.05, 4.69) is 9.69 Å². The summed E-state index contributed by atoms with van der Waals surface area (Å²) in [6.45, 7) is 5.94. The van der Waals surface area contributed by atoms with E-state index in [-0.39, 0.29) is 12.0 Å². The van der Waals surface area contributed by atoms with Crippen LogP contribution in [0, 0.1) is 6.92 Å². The van der Waals surface area contributed by atoms with Crippen LogP contribution in [0.15, 0.2) is 24.3 Å². The summed E-state index contributed by atoms with van der Waals surface area (Å²) in [7, 11) is 0. The van der Waals surface area contributed by atoms with E-state index in [0.29, 0.717) is 22.9 Å². The summed E-state index contributed by atoms with van der Waals surface area (Å²) in [6.07, 6.45) is 0. The van der Waals surface area contributed by atoms with Gasteiger partial charge >= 0.3 is 5.97 Å². The Morgan fingerprint density at radius 1 is 1.52 bits per heavy atom. The van der Waals surface area contributed by atoms with Gasteiger partial charge in [-0.25, -0.2) is 4.79 Å². The van der Waals surface area contributed by atoms with Gasteiger partial charge in [0, 0.05) is 11.1 Å². The lowest BCUT2D eigenvalue weighted by Crippen LogP contribution is -2.11. The molecular weight excluding hydrogens is 308 g/mol. The van der Waals surface area contributed by atoms with Crippen molar-refractivity contribution in [3.05, 3.63) is 46.1 Å². The van der Waals surface area contributed by atoms with Gasteiger partial charge in [0.25, 0.3) is 0 Å². The molecule has 0 amide bonds. The van der Waals surface area contributed by atoms with Gasteiger partial charge in [0.15, 0.2) is 0 Å². The summed E-state index contributed by atoms with van der Waals surface area (Å²) in [4.78, 5) is 12.0. The second-order valence-electron chi connectivity index (χ2n) is 4.61. The van der Waals surface area contributed by atoms with Crippen molar-refractivity contribution in [2.45, 2.75) is 26.8 Å². The third-order valence-electron chi connectivity index (χ3n) is 3.04. The Morgan fingerprint density at radius 3 is 2.95 bits per heavy atom. The number of nitrogens with zero attached hydrogens (tertiary/aromatic N) is 1. The Kier molecular flexibility index (Phi) is 5.20. The van der Waals surface area contributed by atoms with E-state index in [9.17, 15) is 4.79 Å². The highest BCUT2D eigenvalue weighted by molar-refractivity contribution is 7.10.